The van der Waals surface area contributed by atoms with Crippen LogP contribution in [0.4, 0.5) is 0 Å². The van der Waals surface area contributed by atoms with E-state index in [4.69, 9.17) is 0 Å². The summed E-state index contributed by atoms with van der Waals surface area (Å²) >= 11 is 0. The fourth-order valence-electron chi connectivity index (χ4n) is 2.57. The maximum Gasteiger partial charge on any atom is 0.142 e. The second-order valence-electron chi connectivity index (χ2n) is 7.52. The summed E-state index contributed by atoms with van der Waals surface area (Å²) in [5.41, 5.74) is -0.641. The average molecular weight is 253 g/mol. The Balaban J connectivity index is 2.74. The Hall–Kier alpha value is -0.700. The Labute approximate surface area is 111 Å². The van der Waals surface area contributed by atoms with Gasteiger partial charge in [-0.25, -0.2) is 0 Å². The lowest BCUT2D eigenvalue weighted by atomic mass is 9.73. The molecule has 0 amide bonds. The molecule has 1 saturated heterocycles. The van der Waals surface area contributed by atoms with Crippen LogP contribution >= 0.6 is 0 Å². The van der Waals surface area contributed by atoms with E-state index in [1.165, 1.54) is 0 Å². The molecule has 18 heavy (non-hydrogen) atoms. The third-order valence-corrected chi connectivity index (χ3v) is 3.57. The summed E-state index contributed by atoms with van der Waals surface area (Å²) in [7, 11) is 0. The molecule has 0 aliphatic carbocycles. The lowest BCUT2D eigenvalue weighted by Gasteiger charge is -2.34. The number of carbonyl (C=O) groups is 2. The molecule has 0 radical (unpaired) electrons. The van der Waals surface area contributed by atoms with Crippen molar-refractivity contribution in [3.63, 3.8) is 0 Å². The molecule has 0 spiro atoms. The van der Waals surface area contributed by atoms with Crippen LogP contribution in [0.3, 0.4) is 0 Å². The van der Waals surface area contributed by atoms with Crippen LogP contribution in [0, 0.1) is 22.7 Å². The van der Waals surface area contributed by atoms with E-state index in [1.54, 1.807) is 0 Å². The van der Waals surface area contributed by atoms with E-state index in [0.717, 1.165) is 0 Å². The average Bonchev–Trinajstić information content (AvgIpc) is 2.24. The predicted molar refractivity (Wildman–Crippen MR) is 73.4 cm³/mol. The number of nitrogens with one attached hydrogen (secondary N) is 1. The highest BCUT2D eigenvalue weighted by Gasteiger charge is 2.38. The van der Waals surface area contributed by atoms with Crippen LogP contribution in [0.1, 0.15) is 48.0 Å². The normalized spacial score (nSPS) is 25.9. The van der Waals surface area contributed by atoms with Crippen molar-refractivity contribution in [1.29, 1.82) is 0 Å². The molecule has 1 heterocycles. The summed E-state index contributed by atoms with van der Waals surface area (Å²) in [6, 6.07) is 0. The Kier molecular flexibility index (Phi) is 4.37. The first kappa shape index (κ1) is 15.4. The highest BCUT2D eigenvalue weighted by Crippen LogP contribution is 2.30. The lowest BCUT2D eigenvalue weighted by molar-refractivity contribution is -0.135. The van der Waals surface area contributed by atoms with Crippen molar-refractivity contribution >= 4 is 11.6 Å². The highest BCUT2D eigenvalue weighted by atomic mass is 16.1. The summed E-state index contributed by atoms with van der Waals surface area (Å²) in [5, 5.41) is 3.25. The predicted octanol–water partition coefficient (Wildman–Crippen LogP) is 2.44. The van der Waals surface area contributed by atoms with Crippen molar-refractivity contribution < 1.29 is 9.59 Å². The second kappa shape index (κ2) is 5.12. The van der Waals surface area contributed by atoms with Gasteiger partial charge in [-0.2, -0.15) is 0 Å². The fourth-order valence-corrected chi connectivity index (χ4v) is 2.57. The molecule has 0 aromatic heterocycles. The van der Waals surface area contributed by atoms with Gasteiger partial charge in [-0.3, -0.25) is 9.59 Å². The number of hydrogen-bond donors (Lipinski definition) is 1. The first-order valence-electron chi connectivity index (χ1n) is 6.83. The summed E-state index contributed by atoms with van der Waals surface area (Å²) in [6.45, 7) is 13.1. The highest BCUT2D eigenvalue weighted by molar-refractivity contribution is 5.89. The largest absolute Gasteiger partial charge is 0.315 e. The molecule has 0 bridgehead atoms. The van der Waals surface area contributed by atoms with Crippen LogP contribution in [0.2, 0.25) is 0 Å². The minimum atomic E-state index is -0.320. The topological polar surface area (TPSA) is 46.2 Å². The Morgan fingerprint density at radius 3 is 1.44 bits per heavy atom. The van der Waals surface area contributed by atoms with Crippen LogP contribution in [0.25, 0.3) is 0 Å². The molecule has 1 aliphatic heterocycles. The standard InChI is InChI=1S/C15H27NO2/c1-14(2,3)12(17)10-7-11(9-16-8-10)13(18)15(4,5)6/h10-11,16H,7-9H2,1-6H3/t10-,11+. The maximum atomic E-state index is 12.3. The first-order chi connectivity index (χ1) is 8.03. The van der Waals surface area contributed by atoms with E-state index in [1.807, 2.05) is 41.5 Å². The van der Waals surface area contributed by atoms with Gasteiger partial charge < -0.3 is 5.32 Å². The third-order valence-electron chi connectivity index (χ3n) is 3.57. The minimum absolute atomic E-state index is 0.0185. The van der Waals surface area contributed by atoms with Gasteiger partial charge in [0, 0.05) is 35.8 Å². The van der Waals surface area contributed by atoms with Gasteiger partial charge in [0.25, 0.3) is 0 Å². The zero-order chi connectivity index (χ0) is 14.1. The molecular weight excluding hydrogens is 226 g/mol. The Bertz CT molecular complexity index is 301. The maximum absolute atomic E-state index is 12.3. The monoisotopic (exact) mass is 253 g/mol. The van der Waals surface area contributed by atoms with Crippen molar-refractivity contribution in [1.82, 2.24) is 5.32 Å². The zero-order valence-corrected chi connectivity index (χ0v) is 12.6. The number of ketones is 2. The van der Waals surface area contributed by atoms with Crippen LogP contribution in [0.15, 0.2) is 0 Å². The number of hydrogen-bond acceptors (Lipinski definition) is 3. The van der Waals surface area contributed by atoms with E-state index in [2.05, 4.69) is 5.32 Å². The molecule has 0 saturated carbocycles. The molecule has 3 nitrogen and oxygen atoms in total. The Morgan fingerprint density at radius 1 is 0.833 bits per heavy atom. The summed E-state index contributed by atoms with van der Waals surface area (Å²) < 4.78 is 0. The lowest BCUT2D eigenvalue weighted by Crippen LogP contribution is -2.47. The molecule has 0 unspecified atom stereocenters. The molecule has 1 rings (SSSR count). The van der Waals surface area contributed by atoms with Gasteiger partial charge in [0.2, 0.25) is 0 Å². The van der Waals surface area contributed by atoms with Gasteiger partial charge >= 0.3 is 0 Å². The van der Waals surface area contributed by atoms with Gasteiger partial charge in [-0.1, -0.05) is 41.5 Å². The van der Waals surface area contributed by atoms with Crippen molar-refractivity contribution in [3.8, 4) is 0 Å². The van der Waals surface area contributed by atoms with Crippen LogP contribution in [0.5, 0.6) is 0 Å². The minimum Gasteiger partial charge on any atom is -0.315 e. The Morgan fingerprint density at radius 2 is 1.17 bits per heavy atom. The van der Waals surface area contributed by atoms with E-state index in [9.17, 15) is 9.59 Å². The molecule has 3 heteroatoms. The van der Waals surface area contributed by atoms with E-state index < -0.39 is 0 Å². The first-order valence-corrected chi connectivity index (χ1v) is 6.83. The van der Waals surface area contributed by atoms with Gasteiger partial charge in [-0.15, -0.1) is 0 Å². The molecular formula is C15H27NO2. The van der Waals surface area contributed by atoms with E-state index in [-0.39, 0.29) is 34.2 Å². The van der Waals surface area contributed by atoms with Gasteiger partial charge in [-0.05, 0) is 6.42 Å². The SMILES string of the molecule is CC(C)(C)C(=O)[C@@H]1CNC[C@H](C(=O)C(C)(C)C)C1. The molecule has 104 valence electrons. The van der Waals surface area contributed by atoms with Gasteiger partial charge in [0.05, 0.1) is 0 Å². The molecule has 1 fully saturated rings. The number of Topliss-reactive ketones (excluding diaryl/α,β-unsaturated/α-hetero) is 2. The molecule has 1 aliphatic rings. The summed E-state index contributed by atoms with van der Waals surface area (Å²) in [6.07, 6.45) is 0.708. The van der Waals surface area contributed by atoms with Gasteiger partial charge in [0.15, 0.2) is 0 Å². The van der Waals surface area contributed by atoms with Crippen molar-refractivity contribution in [2.24, 2.45) is 22.7 Å². The third kappa shape index (κ3) is 3.64. The molecule has 2 atom stereocenters. The quantitative estimate of drug-likeness (QED) is 0.822. The zero-order valence-electron chi connectivity index (χ0n) is 12.6. The smallest absolute Gasteiger partial charge is 0.142 e. The number of rotatable bonds is 2. The second-order valence-corrected chi connectivity index (χ2v) is 7.52. The molecule has 0 aromatic rings. The van der Waals surface area contributed by atoms with Gasteiger partial charge in [0.1, 0.15) is 11.6 Å². The fraction of sp³-hybridized carbons (Fsp3) is 0.867. The molecule has 1 N–H and O–H groups in total. The summed E-state index contributed by atoms with van der Waals surface area (Å²) in [4.78, 5) is 24.6. The summed E-state index contributed by atoms with van der Waals surface area (Å²) in [5.74, 6) is 0.493. The van der Waals surface area contributed by atoms with Crippen molar-refractivity contribution in [2.45, 2.75) is 48.0 Å². The van der Waals surface area contributed by atoms with E-state index in [0.29, 0.717) is 19.5 Å². The van der Waals surface area contributed by atoms with Crippen LogP contribution < -0.4 is 5.32 Å². The van der Waals surface area contributed by atoms with Crippen molar-refractivity contribution in [3.05, 3.63) is 0 Å². The van der Waals surface area contributed by atoms with Crippen LogP contribution in [-0.4, -0.2) is 24.7 Å². The molecule has 0 aromatic carbocycles. The number of piperidine rings is 1. The van der Waals surface area contributed by atoms with E-state index >= 15 is 0 Å². The van der Waals surface area contributed by atoms with Crippen molar-refractivity contribution in [2.75, 3.05) is 13.1 Å². The number of carbonyl (C=O) groups excluding carboxylic acids is 2. The van der Waals surface area contributed by atoms with Crippen LogP contribution in [-0.2, 0) is 9.59 Å².